The first-order chi connectivity index (χ1) is 5.44. The third-order valence-corrected chi connectivity index (χ3v) is 1.54. The molecule has 0 amide bonds. The first kappa shape index (κ1) is 11.8. The quantitative estimate of drug-likeness (QED) is 0.639. The van der Waals surface area contributed by atoms with Crippen molar-refractivity contribution < 1.29 is 13.5 Å². The number of hydrogen-bond donors (Lipinski definition) is 0. The van der Waals surface area contributed by atoms with Gasteiger partial charge in [-0.25, -0.2) is 8.78 Å². The van der Waals surface area contributed by atoms with E-state index in [1.165, 1.54) is 0 Å². The van der Waals surface area contributed by atoms with Crippen LogP contribution in [0.1, 0.15) is 6.42 Å². The zero-order valence-corrected chi connectivity index (χ0v) is 8.10. The highest BCUT2D eigenvalue weighted by atomic mass is 19.3. The van der Waals surface area contributed by atoms with Crippen molar-refractivity contribution in [3.63, 3.8) is 0 Å². The monoisotopic (exact) mass is 181 g/mol. The van der Waals surface area contributed by atoms with E-state index in [1.807, 2.05) is 14.1 Å². The Labute approximate surface area is 72.5 Å². The second-order valence-electron chi connectivity index (χ2n) is 3.33. The van der Waals surface area contributed by atoms with Gasteiger partial charge in [-0.05, 0) is 14.1 Å². The van der Waals surface area contributed by atoms with Crippen molar-refractivity contribution in [2.24, 2.45) is 5.92 Å². The van der Waals surface area contributed by atoms with Gasteiger partial charge in [0.15, 0.2) is 0 Å². The molecule has 1 atom stereocenters. The number of hydrogen-bond acceptors (Lipinski definition) is 2. The molecule has 0 saturated heterocycles. The molecule has 12 heavy (non-hydrogen) atoms. The molecule has 0 aromatic rings. The second kappa shape index (κ2) is 4.72. The fourth-order valence-electron chi connectivity index (χ4n) is 0.908. The van der Waals surface area contributed by atoms with Crippen LogP contribution in [0.4, 0.5) is 8.78 Å². The summed E-state index contributed by atoms with van der Waals surface area (Å²) in [7, 11) is 6.88. The lowest BCUT2D eigenvalue weighted by Crippen LogP contribution is -2.17. The van der Waals surface area contributed by atoms with Crippen LogP contribution < -0.4 is 0 Å². The van der Waals surface area contributed by atoms with Gasteiger partial charge in [0, 0.05) is 33.1 Å². The molecule has 4 heteroatoms. The molecule has 0 aromatic carbocycles. The Balaban J connectivity index is 0.000000354. The highest BCUT2D eigenvalue weighted by Crippen LogP contribution is 2.48. The van der Waals surface area contributed by atoms with Crippen molar-refractivity contribution >= 4 is 0 Å². The summed E-state index contributed by atoms with van der Waals surface area (Å²) in [5.74, 6) is -2.71. The van der Waals surface area contributed by atoms with Crippen LogP contribution in [0.25, 0.3) is 0 Å². The third kappa shape index (κ3) is 4.62. The fourth-order valence-corrected chi connectivity index (χ4v) is 0.908. The molecule has 0 unspecified atom stereocenters. The number of halogens is 2. The van der Waals surface area contributed by atoms with Crippen molar-refractivity contribution in [2.75, 3.05) is 34.9 Å². The highest BCUT2D eigenvalue weighted by Gasteiger charge is 2.56. The molecule has 0 spiro atoms. The number of rotatable bonds is 2. The fraction of sp³-hybridized carbons (Fsp3) is 1.00. The van der Waals surface area contributed by atoms with Crippen LogP contribution in [0.15, 0.2) is 0 Å². The normalized spacial score (nSPS) is 24.8. The molecule has 1 saturated carbocycles. The Morgan fingerprint density at radius 3 is 1.83 bits per heavy atom. The van der Waals surface area contributed by atoms with Crippen molar-refractivity contribution in [1.82, 2.24) is 4.90 Å². The summed E-state index contributed by atoms with van der Waals surface area (Å²) in [4.78, 5) is 1.80. The van der Waals surface area contributed by atoms with Crippen molar-refractivity contribution in [1.29, 1.82) is 0 Å². The molecule has 1 fully saturated rings. The lowest BCUT2D eigenvalue weighted by molar-refractivity contribution is 0.0923. The number of alkyl halides is 2. The lowest BCUT2D eigenvalue weighted by Gasteiger charge is -2.06. The molecular formula is C8H17F2NO. The highest BCUT2D eigenvalue weighted by molar-refractivity contribution is 4.95. The van der Waals surface area contributed by atoms with Gasteiger partial charge < -0.3 is 9.64 Å². The number of ether oxygens (including phenoxy) is 1. The largest absolute Gasteiger partial charge is 0.388 e. The van der Waals surface area contributed by atoms with Crippen LogP contribution in [0, 0.1) is 5.92 Å². The van der Waals surface area contributed by atoms with Crippen molar-refractivity contribution in [2.45, 2.75) is 12.3 Å². The maximum absolute atomic E-state index is 12.1. The van der Waals surface area contributed by atoms with Gasteiger partial charge in [-0.15, -0.1) is 0 Å². The maximum atomic E-state index is 12.1. The number of methoxy groups -OCH3 is 1. The molecule has 0 radical (unpaired) electrons. The van der Waals surface area contributed by atoms with E-state index in [0.717, 1.165) is 0 Å². The van der Waals surface area contributed by atoms with Gasteiger partial charge in [-0.1, -0.05) is 0 Å². The first-order valence-corrected chi connectivity index (χ1v) is 3.86. The molecule has 1 rings (SSSR count). The maximum Gasteiger partial charge on any atom is 0.252 e. The Kier molecular flexibility index (Phi) is 4.63. The molecule has 0 aliphatic heterocycles. The van der Waals surface area contributed by atoms with Crippen LogP contribution in [-0.2, 0) is 4.74 Å². The van der Waals surface area contributed by atoms with Crippen LogP contribution in [0.3, 0.4) is 0 Å². The van der Waals surface area contributed by atoms with Crippen LogP contribution >= 0.6 is 0 Å². The lowest BCUT2D eigenvalue weighted by atomic mass is 10.4. The molecule has 0 aromatic heterocycles. The standard InChI is InChI=1S/C6H11F2N.C2H6O/c1-9(2)4-5-3-6(5,7)8;1-3-2/h5H,3-4H2,1-2H3;1-2H3/t5-;/m1./s1. The minimum absolute atomic E-state index is 0.0885. The van der Waals surface area contributed by atoms with Crippen molar-refractivity contribution in [3.8, 4) is 0 Å². The van der Waals surface area contributed by atoms with Gasteiger partial charge in [-0.2, -0.15) is 0 Å². The molecule has 2 nitrogen and oxygen atoms in total. The second-order valence-corrected chi connectivity index (χ2v) is 3.33. The Morgan fingerprint density at radius 2 is 1.75 bits per heavy atom. The SMILES string of the molecule is CN(C)C[C@H]1CC1(F)F.COC. The van der Waals surface area contributed by atoms with Crippen LogP contribution in [-0.4, -0.2) is 45.7 Å². The summed E-state index contributed by atoms with van der Waals surface area (Å²) in [6.45, 7) is 0.521. The molecule has 0 heterocycles. The summed E-state index contributed by atoms with van der Waals surface area (Å²) < 4.78 is 28.5. The molecule has 0 N–H and O–H groups in total. The summed E-state index contributed by atoms with van der Waals surface area (Å²) in [5.41, 5.74) is 0. The van der Waals surface area contributed by atoms with Gasteiger partial charge in [0.05, 0.1) is 0 Å². The Hall–Kier alpha value is -0.220. The predicted octanol–water partition coefficient (Wildman–Crippen LogP) is 1.47. The van der Waals surface area contributed by atoms with Gasteiger partial charge in [0.1, 0.15) is 0 Å². The van der Waals surface area contributed by atoms with Gasteiger partial charge >= 0.3 is 0 Å². The number of nitrogens with zero attached hydrogens (tertiary/aromatic N) is 1. The average Bonchev–Trinajstić information content (AvgIpc) is 2.39. The van der Waals surface area contributed by atoms with E-state index in [0.29, 0.717) is 6.54 Å². The van der Waals surface area contributed by atoms with Crippen LogP contribution in [0.2, 0.25) is 0 Å². The molecular weight excluding hydrogens is 164 g/mol. The van der Waals surface area contributed by atoms with E-state index >= 15 is 0 Å². The van der Waals surface area contributed by atoms with E-state index in [9.17, 15) is 8.78 Å². The van der Waals surface area contributed by atoms with E-state index in [-0.39, 0.29) is 12.3 Å². The molecule has 74 valence electrons. The van der Waals surface area contributed by atoms with E-state index in [1.54, 1.807) is 19.1 Å². The zero-order chi connectivity index (χ0) is 9.78. The summed E-state index contributed by atoms with van der Waals surface area (Å²) in [6, 6.07) is 0. The Morgan fingerprint density at radius 1 is 1.42 bits per heavy atom. The van der Waals surface area contributed by atoms with Gasteiger partial charge in [0.2, 0.25) is 0 Å². The molecule has 0 bridgehead atoms. The van der Waals surface area contributed by atoms with E-state index in [4.69, 9.17) is 0 Å². The van der Waals surface area contributed by atoms with Crippen molar-refractivity contribution in [3.05, 3.63) is 0 Å². The molecule has 1 aliphatic rings. The Bertz CT molecular complexity index is 128. The van der Waals surface area contributed by atoms with Crippen LogP contribution in [0.5, 0.6) is 0 Å². The predicted molar refractivity (Wildman–Crippen MR) is 44.5 cm³/mol. The summed E-state index contributed by atoms with van der Waals surface area (Å²) >= 11 is 0. The van der Waals surface area contributed by atoms with E-state index < -0.39 is 5.92 Å². The first-order valence-electron chi connectivity index (χ1n) is 3.86. The molecule has 1 aliphatic carbocycles. The van der Waals surface area contributed by atoms with Gasteiger partial charge in [0.25, 0.3) is 5.92 Å². The average molecular weight is 181 g/mol. The third-order valence-electron chi connectivity index (χ3n) is 1.54. The van der Waals surface area contributed by atoms with Gasteiger partial charge in [-0.3, -0.25) is 0 Å². The topological polar surface area (TPSA) is 12.5 Å². The minimum atomic E-state index is -2.34. The van der Waals surface area contributed by atoms with E-state index in [2.05, 4.69) is 4.74 Å². The smallest absolute Gasteiger partial charge is 0.252 e. The zero-order valence-electron chi connectivity index (χ0n) is 8.10. The summed E-state index contributed by atoms with van der Waals surface area (Å²) in [6.07, 6.45) is 0.0885. The summed E-state index contributed by atoms with van der Waals surface area (Å²) in [5, 5.41) is 0. The minimum Gasteiger partial charge on any atom is -0.388 e.